The first-order chi connectivity index (χ1) is 10.4. The lowest BCUT2D eigenvalue weighted by molar-refractivity contribution is -0.134. The van der Waals surface area contributed by atoms with Crippen molar-refractivity contribution < 1.29 is 29.0 Å². The van der Waals surface area contributed by atoms with Gasteiger partial charge < -0.3 is 24.7 Å². The minimum atomic E-state index is -1.52. The molecule has 0 radical (unpaired) electrons. The fraction of sp³-hybridized carbons (Fsp3) is 0.0714. The van der Waals surface area contributed by atoms with Crippen LogP contribution in [0.25, 0.3) is 11.0 Å². The van der Waals surface area contributed by atoms with Crippen LogP contribution in [-0.2, 0) is 9.59 Å². The number of hydrogen-bond donors (Lipinski definition) is 3. The average Bonchev–Trinajstić information content (AvgIpc) is 2.46. The standard InChI is InChI=1S/C14H11NO7/c1-21-10-4-2-3-7-5-9(14(20)22-12(7)10)15-8(13(18)19)6-11(16)17/h2-6,15H,1H3,(H,16,17)(H,18,19)/b8-6-. The summed E-state index contributed by atoms with van der Waals surface area (Å²) in [5.74, 6) is -2.63. The summed E-state index contributed by atoms with van der Waals surface area (Å²) in [6, 6.07) is 6.25. The van der Waals surface area contributed by atoms with Crippen LogP contribution in [0.2, 0.25) is 0 Å². The largest absolute Gasteiger partial charge is 0.493 e. The molecule has 0 aliphatic rings. The number of ether oxygens (including phenoxy) is 1. The molecule has 3 N–H and O–H groups in total. The molecule has 0 saturated carbocycles. The third kappa shape index (κ3) is 3.06. The Morgan fingerprint density at radius 3 is 2.64 bits per heavy atom. The van der Waals surface area contributed by atoms with E-state index in [4.69, 9.17) is 19.4 Å². The quantitative estimate of drug-likeness (QED) is 0.557. The highest BCUT2D eigenvalue weighted by molar-refractivity contribution is 5.97. The third-order valence-electron chi connectivity index (χ3n) is 2.71. The van der Waals surface area contributed by atoms with Crippen molar-refractivity contribution in [1.82, 2.24) is 0 Å². The smallest absolute Gasteiger partial charge is 0.360 e. The van der Waals surface area contributed by atoms with E-state index in [9.17, 15) is 14.4 Å². The third-order valence-corrected chi connectivity index (χ3v) is 2.71. The van der Waals surface area contributed by atoms with E-state index in [0.29, 0.717) is 17.2 Å². The summed E-state index contributed by atoms with van der Waals surface area (Å²) in [5.41, 5.74) is -1.51. The zero-order chi connectivity index (χ0) is 16.3. The number of methoxy groups -OCH3 is 1. The van der Waals surface area contributed by atoms with Crippen LogP contribution < -0.4 is 15.7 Å². The van der Waals surface area contributed by atoms with Crippen LogP contribution in [0.5, 0.6) is 5.75 Å². The minimum Gasteiger partial charge on any atom is -0.493 e. The lowest BCUT2D eigenvalue weighted by Crippen LogP contribution is -2.17. The molecule has 0 saturated heterocycles. The number of rotatable bonds is 5. The Labute approximate surface area is 123 Å². The highest BCUT2D eigenvalue weighted by atomic mass is 16.5. The average molecular weight is 305 g/mol. The van der Waals surface area contributed by atoms with Gasteiger partial charge in [0, 0.05) is 5.39 Å². The normalized spacial score (nSPS) is 11.2. The molecule has 1 heterocycles. The first-order valence-corrected chi connectivity index (χ1v) is 5.98. The van der Waals surface area contributed by atoms with Crippen LogP contribution >= 0.6 is 0 Å². The van der Waals surface area contributed by atoms with E-state index >= 15 is 0 Å². The molecule has 114 valence electrons. The molecule has 0 amide bonds. The van der Waals surface area contributed by atoms with E-state index in [1.54, 1.807) is 18.2 Å². The number of fused-ring (bicyclic) bond motifs is 1. The molecule has 2 aromatic rings. The first kappa shape index (κ1) is 15.1. The molecule has 0 atom stereocenters. The fourth-order valence-electron chi connectivity index (χ4n) is 1.79. The first-order valence-electron chi connectivity index (χ1n) is 5.98. The van der Waals surface area contributed by atoms with Gasteiger partial charge in [-0.3, -0.25) is 0 Å². The lowest BCUT2D eigenvalue weighted by Gasteiger charge is -2.08. The van der Waals surface area contributed by atoms with E-state index in [1.807, 2.05) is 0 Å². The molecule has 0 aliphatic carbocycles. The van der Waals surface area contributed by atoms with E-state index in [-0.39, 0.29) is 11.3 Å². The van der Waals surface area contributed by atoms with Crippen molar-refractivity contribution in [2.24, 2.45) is 0 Å². The Morgan fingerprint density at radius 2 is 2.05 bits per heavy atom. The molecule has 0 bridgehead atoms. The maximum Gasteiger partial charge on any atom is 0.360 e. The van der Waals surface area contributed by atoms with Crippen molar-refractivity contribution in [1.29, 1.82) is 0 Å². The summed E-state index contributed by atoms with van der Waals surface area (Å²) in [7, 11) is 1.42. The number of carboxylic acid groups (broad SMARTS) is 2. The topological polar surface area (TPSA) is 126 Å². The molecule has 1 aromatic heterocycles. The van der Waals surface area contributed by atoms with E-state index < -0.39 is 23.3 Å². The zero-order valence-electron chi connectivity index (χ0n) is 11.3. The summed E-state index contributed by atoms with van der Waals surface area (Å²) in [6.07, 6.45) is 0.442. The van der Waals surface area contributed by atoms with Crippen molar-refractivity contribution in [2.45, 2.75) is 0 Å². The van der Waals surface area contributed by atoms with Crippen LogP contribution in [0.4, 0.5) is 5.69 Å². The predicted molar refractivity (Wildman–Crippen MR) is 76.0 cm³/mol. The monoisotopic (exact) mass is 305 g/mol. The Hall–Kier alpha value is -3.29. The van der Waals surface area contributed by atoms with Crippen LogP contribution in [0.3, 0.4) is 0 Å². The molecule has 0 spiro atoms. The Bertz CT molecular complexity index is 835. The van der Waals surface area contributed by atoms with Gasteiger partial charge >= 0.3 is 17.6 Å². The van der Waals surface area contributed by atoms with Gasteiger partial charge in [0.2, 0.25) is 0 Å². The molecular formula is C14H11NO7. The van der Waals surface area contributed by atoms with Crippen molar-refractivity contribution in [3.8, 4) is 5.75 Å². The molecule has 0 unspecified atom stereocenters. The predicted octanol–water partition coefficient (Wildman–Crippen LogP) is 1.27. The van der Waals surface area contributed by atoms with Crippen LogP contribution in [-0.4, -0.2) is 29.3 Å². The molecule has 8 heteroatoms. The second-order valence-electron chi connectivity index (χ2n) is 4.15. The number of carbonyl (C=O) groups is 2. The summed E-state index contributed by atoms with van der Waals surface area (Å²) >= 11 is 0. The SMILES string of the molecule is COc1cccc2cc(N/C(=C\C(=O)O)C(=O)O)c(=O)oc12. The molecule has 8 nitrogen and oxygen atoms in total. The summed E-state index contributed by atoms with van der Waals surface area (Å²) in [6.45, 7) is 0. The molecule has 0 fully saturated rings. The summed E-state index contributed by atoms with van der Waals surface area (Å²) in [4.78, 5) is 33.4. The van der Waals surface area contributed by atoms with Crippen LogP contribution in [0.15, 0.2) is 45.3 Å². The number of anilines is 1. The second kappa shape index (κ2) is 6.00. The second-order valence-corrected chi connectivity index (χ2v) is 4.15. The Morgan fingerprint density at radius 1 is 1.32 bits per heavy atom. The molecular weight excluding hydrogens is 294 g/mol. The number of hydrogen-bond acceptors (Lipinski definition) is 6. The molecule has 0 aliphatic heterocycles. The van der Waals surface area contributed by atoms with Crippen LogP contribution in [0, 0.1) is 0 Å². The Balaban J connectivity index is 2.53. The van der Waals surface area contributed by atoms with Crippen molar-refractivity contribution in [2.75, 3.05) is 12.4 Å². The van der Waals surface area contributed by atoms with Gasteiger partial charge in [0.1, 0.15) is 11.4 Å². The maximum atomic E-state index is 11.9. The molecule has 2 rings (SSSR count). The van der Waals surface area contributed by atoms with Gasteiger partial charge in [-0.15, -0.1) is 0 Å². The van der Waals surface area contributed by atoms with Crippen LogP contribution in [0.1, 0.15) is 0 Å². The maximum absolute atomic E-state index is 11.9. The fourth-order valence-corrected chi connectivity index (χ4v) is 1.79. The van der Waals surface area contributed by atoms with Gasteiger partial charge in [0.15, 0.2) is 11.3 Å². The van der Waals surface area contributed by atoms with Gasteiger partial charge in [-0.1, -0.05) is 12.1 Å². The lowest BCUT2D eigenvalue weighted by atomic mass is 10.2. The molecule has 22 heavy (non-hydrogen) atoms. The summed E-state index contributed by atoms with van der Waals surface area (Å²) in [5, 5.41) is 20.3. The molecule has 1 aromatic carbocycles. The highest BCUT2D eigenvalue weighted by Crippen LogP contribution is 2.25. The van der Waals surface area contributed by atoms with E-state index in [1.165, 1.54) is 13.2 Å². The van der Waals surface area contributed by atoms with Crippen molar-refractivity contribution >= 4 is 28.6 Å². The van der Waals surface area contributed by atoms with E-state index in [0.717, 1.165) is 0 Å². The number of benzene rings is 1. The van der Waals surface area contributed by atoms with Gasteiger partial charge in [-0.05, 0) is 12.1 Å². The number of carboxylic acids is 2. The van der Waals surface area contributed by atoms with Gasteiger partial charge in [0.05, 0.1) is 13.2 Å². The van der Waals surface area contributed by atoms with Gasteiger partial charge in [-0.2, -0.15) is 0 Å². The zero-order valence-corrected chi connectivity index (χ0v) is 11.3. The highest BCUT2D eigenvalue weighted by Gasteiger charge is 2.14. The number of aliphatic carboxylic acids is 2. The van der Waals surface area contributed by atoms with Gasteiger partial charge in [0.25, 0.3) is 0 Å². The Kier molecular flexibility index (Phi) is 4.12. The van der Waals surface area contributed by atoms with E-state index in [2.05, 4.69) is 5.32 Å². The number of nitrogens with one attached hydrogen (secondary N) is 1. The van der Waals surface area contributed by atoms with Crippen molar-refractivity contribution in [3.05, 3.63) is 46.5 Å². The minimum absolute atomic E-state index is 0.198. The number of para-hydroxylation sites is 1. The van der Waals surface area contributed by atoms with Gasteiger partial charge in [-0.25, -0.2) is 14.4 Å². The van der Waals surface area contributed by atoms with Crippen molar-refractivity contribution in [3.63, 3.8) is 0 Å². The summed E-state index contributed by atoms with van der Waals surface area (Å²) < 4.78 is 10.1.